The van der Waals surface area contributed by atoms with Crippen LogP contribution in [-0.2, 0) is 4.79 Å². The summed E-state index contributed by atoms with van der Waals surface area (Å²) in [5.74, 6) is -0.199. The first-order valence-electron chi connectivity index (χ1n) is 5.45. The number of carbonyl (C=O) groups is 1. The molecule has 1 aliphatic heterocycles. The Hall–Kier alpha value is -1.97. The lowest BCUT2D eigenvalue weighted by Crippen LogP contribution is -2.30. The average molecular weight is 232 g/mol. The van der Waals surface area contributed by atoms with Crippen LogP contribution in [0.4, 0.5) is 4.39 Å². The van der Waals surface area contributed by atoms with Gasteiger partial charge in [0.25, 0.3) is 0 Å². The van der Waals surface area contributed by atoms with Gasteiger partial charge in [-0.25, -0.2) is 9.82 Å². The number of nitrogens with one attached hydrogen (secondary N) is 1. The lowest BCUT2D eigenvalue weighted by Gasteiger charge is -2.15. The van der Waals surface area contributed by atoms with Crippen molar-refractivity contribution in [1.29, 1.82) is 0 Å². The van der Waals surface area contributed by atoms with Crippen LogP contribution in [0.25, 0.3) is 6.08 Å². The molecular weight excluding hydrogens is 219 g/mol. The van der Waals surface area contributed by atoms with Gasteiger partial charge in [-0.1, -0.05) is 25.1 Å². The summed E-state index contributed by atoms with van der Waals surface area (Å²) in [5.41, 5.74) is 4.17. The predicted molar refractivity (Wildman–Crippen MR) is 64.8 cm³/mol. The first-order valence-corrected chi connectivity index (χ1v) is 5.45. The molecular formula is C13H13FN2O. The summed E-state index contributed by atoms with van der Waals surface area (Å²) in [6.45, 7) is 1.95. The van der Waals surface area contributed by atoms with Gasteiger partial charge in [-0.3, -0.25) is 4.79 Å². The smallest absolute Gasteiger partial charge is 0.240 e. The van der Waals surface area contributed by atoms with Crippen molar-refractivity contribution < 1.29 is 9.18 Å². The Morgan fingerprint density at radius 1 is 1.35 bits per heavy atom. The molecule has 0 saturated carbocycles. The van der Waals surface area contributed by atoms with E-state index < -0.39 is 0 Å². The van der Waals surface area contributed by atoms with Crippen molar-refractivity contribution in [2.24, 2.45) is 11.0 Å². The van der Waals surface area contributed by atoms with Crippen LogP contribution in [0.5, 0.6) is 0 Å². The van der Waals surface area contributed by atoms with Crippen molar-refractivity contribution in [3.8, 4) is 0 Å². The first-order chi connectivity index (χ1) is 8.15. The highest BCUT2D eigenvalue weighted by molar-refractivity contribution is 6.03. The molecule has 1 N–H and O–H groups in total. The van der Waals surface area contributed by atoms with E-state index in [4.69, 9.17) is 0 Å². The van der Waals surface area contributed by atoms with Crippen LogP contribution in [0.1, 0.15) is 18.9 Å². The molecule has 0 spiro atoms. The van der Waals surface area contributed by atoms with Crippen LogP contribution < -0.4 is 5.43 Å². The number of benzene rings is 1. The van der Waals surface area contributed by atoms with Crippen molar-refractivity contribution in [2.75, 3.05) is 0 Å². The van der Waals surface area contributed by atoms with Crippen molar-refractivity contribution in [2.45, 2.75) is 13.3 Å². The topological polar surface area (TPSA) is 41.5 Å². The van der Waals surface area contributed by atoms with Gasteiger partial charge in [-0.2, -0.15) is 5.10 Å². The molecule has 0 saturated heterocycles. The van der Waals surface area contributed by atoms with Crippen molar-refractivity contribution in [3.05, 3.63) is 41.7 Å². The van der Waals surface area contributed by atoms with Crippen LogP contribution in [0.2, 0.25) is 0 Å². The van der Waals surface area contributed by atoms with Crippen molar-refractivity contribution in [1.82, 2.24) is 5.43 Å². The third-order valence-electron chi connectivity index (χ3n) is 2.62. The Morgan fingerprint density at radius 3 is 2.71 bits per heavy atom. The van der Waals surface area contributed by atoms with E-state index in [9.17, 15) is 9.18 Å². The second-order valence-corrected chi connectivity index (χ2v) is 4.06. The highest BCUT2D eigenvalue weighted by atomic mass is 19.1. The number of hydrazone groups is 1. The largest absolute Gasteiger partial charge is 0.273 e. The monoisotopic (exact) mass is 232 g/mol. The van der Waals surface area contributed by atoms with Crippen LogP contribution in [0.3, 0.4) is 0 Å². The summed E-state index contributed by atoms with van der Waals surface area (Å²) in [6, 6.07) is 6.21. The van der Waals surface area contributed by atoms with Gasteiger partial charge >= 0.3 is 0 Å². The van der Waals surface area contributed by atoms with E-state index >= 15 is 0 Å². The second-order valence-electron chi connectivity index (χ2n) is 4.06. The molecule has 4 heteroatoms. The number of carbonyl (C=O) groups excluding carboxylic acids is 1. The quantitative estimate of drug-likeness (QED) is 0.835. The standard InChI is InChI=1S/C13H13FN2O/c1-9-8-13(17)16-15-12(9)7-4-10-2-5-11(14)6-3-10/h2-7,9H,8H2,1H3,(H,16,17). The first kappa shape index (κ1) is 11.5. The lowest BCUT2D eigenvalue weighted by molar-refractivity contribution is -0.121. The zero-order valence-corrected chi connectivity index (χ0v) is 9.48. The lowest BCUT2D eigenvalue weighted by atomic mass is 9.99. The summed E-state index contributed by atoms with van der Waals surface area (Å²) in [6.07, 6.45) is 4.15. The Labute approximate surface area is 99.0 Å². The normalized spacial score (nSPS) is 20.2. The molecule has 88 valence electrons. The van der Waals surface area contributed by atoms with Gasteiger partial charge in [0, 0.05) is 12.3 Å². The third kappa shape index (κ3) is 3.00. The summed E-state index contributed by atoms with van der Waals surface area (Å²) in [4.78, 5) is 11.0. The van der Waals surface area contributed by atoms with E-state index in [-0.39, 0.29) is 17.6 Å². The van der Waals surface area contributed by atoms with E-state index in [2.05, 4.69) is 10.5 Å². The molecule has 0 bridgehead atoms. The van der Waals surface area contributed by atoms with Crippen molar-refractivity contribution in [3.63, 3.8) is 0 Å². The van der Waals surface area contributed by atoms with E-state index in [1.807, 2.05) is 19.1 Å². The van der Waals surface area contributed by atoms with Gasteiger partial charge in [0.05, 0.1) is 5.71 Å². The maximum absolute atomic E-state index is 12.7. The number of hydrogen-bond acceptors (Lipinski definition) is 2. The van der Waals surface area contributed by atoms with Gasteiger partial charge in [0.1, 0.15) is 5.82 Å². The zero-order valence-electron chi connectivity index (χ0n) is 9.48. The maximum atomic E-state index is 12.7. The summed E-state index contributed by atoms with van der Waals surface area (Å²) in [7, 11) is 0. The predicted octanol–water partition coefficient (Wildman–Crippen LogP) is 2.35. The minimum absolute atomic E-state index is 0.0589. The van der Waals surface area contributed by atoms with Gasteiger partial charge in [0.2, 0.25) is 5.91 Å². The third-order valence-corrected chi connectivity index (χ3v) is 2.62. The fourth-order valence-electron chi connectivity index (χ4n) is 1.62. The molecule has 0 aromatic heterocycles. The summed E-state index contributed by atoms with van der Waals surface area (Å²) in [5, 5.41) is 3.98. The molecule has 1 heterocycles. The van der Waals surface area contributed by atoms with E-state index in [0.717, 1.165) is 11.3 Å². The Bertz CT molecular complexity index is 477. The minimum atomic E-state index is -0.252. The number of amides is 1. The highest BCUT2D eigenvalue weighted by Gasteiger charge is 2.17. The highest BCUT2D eigenvalue weighted by Crippen LogP contribution is 2.12. The van der Waals surface area contributed by atoms with Crippen LogP contribution >= 0.6 is 0 Å². The fraction of sp³-hybridized carbons (Fsp3) is 0.231. The minimum Gasteiger partial charge on any atom is -0.273 e. The molecule has 1 amide bonds. The molecule has 3 nitrogen and oxygen atoms in total. The maximum Gasteiger partial charge on any atom is 0.240 e. The fourth-order valence-corrected chi connectivity index (χ4v) is 1.62. The molecule has 0 radical (unpaired) electrons. The molecule has 0 fully saturated rings. The van der Waals surface area contributed by atoms with Gasteiger partial charge in [-0.15, -0.1) is 0 Å². The van der Waals surface area contributed by atoms with E-state index in [0.29, 0.717) is 6.42 Å². The number of hydrogen-bond donors (Lipinski definition) is 1. The molecule has 17 heavy (non-hydrogen) atoms. The molecule has 1 aliphatic rings. The molecule has 1 aromatic rings. The molecule has 1 unspecified atom stereocenters. The Morgan fingerprint density at radius 2 is 2.06 bits per heavy atom. The van der Waals surface area contributed by atoms with E-state index in [1.54, 1.807) is 12.1 Å². The van der Waals surface area contributed by atoms with Crippen LogP contribution in [0, 0.1) is 11.7 Å². The second kappa shape index (κ2) is 4.91. The average Bonchev–Trinajstić information content (AvgIpc) is 2.30. The molecule has 2 rings (SSSR count). The SMILES string of the molecule is CC1CC(=O)NN=C1C=Cc1ccc(F)cc1. The zero-order chi connectivity index (χ0) is 12.3. The summed E-state index contributed by atoms with van der Waals surface area (Å²) < 4.78 is 12.7. The molecule has 1 atom stereocenters. The van der Waals surface area contributed by atoms with Crippen LogP contribution in [0.15, 0.2) is 35.4 Å². The van der Waals surface area contributed by atoms with Gasteiger partial charge < -0.3 is 0 Å². The number of halogens is 1. The van der Waals surface area contributed by atoms with Gasteiger partial charge in [0.15, 0.2) is 0 Å². The molecule has 0 aliphatic carbocycles. The Balaban J connectivity index is 2.10. The van der Waals surface area contributed by atoms with Gasteiger partial charge in [-0.05, 0) is 23.8 Å². The van der Waals surface area contributed by atoms with Crippen molar-refractivity contribution >= 4 is 17.7 Å². The number of nitrogens with zero attached hydrogens (tertiary/aromatic N) is 1. The van der Waals surface area contributed by atoms with E-state index in [1.165, 1.54) is 12.1 Å². The Kier molecular flexibility index (Phi) is 3.32. The number of rotatable bonds is 2. The van der Waals surface area contributed by atoms with Crippen LogP contribution in [-0.4, -0.2) is 11.6 Å². The molecule has 1 aromatic carbocycles. The summed E-state index contributed by atoms with van der Waals surface area (Å²) >= 11 is 0. The number of allylic oxidation sites excluding steroid dienone is 1.